The van der Waals surface area contributed by atoms with Crippen LogP contribution in [0.25, 0.3) is 0 Å². The lowest BCUT2D eigenvalue weighted by Crippen LogP contribution is -2.12. The fourth-order valence-electron chi connectivity index (χ4n) is 0.449. The van der Waals surface area contributed by atoms with Crippen LogP contribution in [0.1, 0.15) is 0 Å². The fourth-order valence-corrected chi connectivity index (χ4v) is 0.777. The van der Waals surface area contributed by atoms with Crippen molar-refractivity contribution < 1.29 is 27.6 Å². The van der Waals surface area contributed by atoms with Crippen LogP contribution in [0.5, 0.6) is 0 Å². The lowest BCUT2D eigenvalue weighted by molar-refractivity contribution is 0.0441. The molecule has 0 saturated heterocycles. The van der Waals surface area contributed by atoms with E-state index in [0.29, 0.717) is 0 Å². The summed E-state index contributed by atoms with van der Waals surface area (Å²) in [4.78, 5) is 0. The zero-order valence-electron chi connectivity index (χ0n) is 6.47. The smallest absolute Gasteiger partial charge is 0.289 e. The number of hydrogen-bond donors (Lipinski definition) is 2. The SMILES string of the molecule is O=S(=O)(O)COCCOCCO. The van der Waals surface area contributed by atoms with E-state index in [1.165, 1.54) is 0 Å². The lowest BCUT2D eigenvalue weighted by atomic mass is 10.7. The summed E-state index contributed by atoms with van der Waals surface area (Å²) in [5.41, 5.74) is 0. The first-order valence-electron chi connectivity index (χ1n) is 3.28. The Bertz CT molecular complexity index is 186. The number of aliphatic hydroxyl groups excluding tert-OH is 1. The van der Waals surface area contributed by atoms with Crippen molar-refractivity contribution in [3.63, 3.8) is 0 Å². The van der Waals surface area contributed by atoms with Crippen LogP contribution in [0.4, 0.5) is 0 Å². The third-order valence-corrected chi connectivity index (χ3v) is 1.30. The Morgan fingerprint density at radius 2 is 1.67 bits per heavy atom. The van der Waals surface area contributed by atoms with Gasteiger partial charge in [0, 0.05) is 0 Å². The number of rotatable bonds is 7. The number of aliphatic hydroxyl groups is 1. The molecule has 2 N–H and O–H groups in total. The number of hydrogen-bond acceptors (Lipinski definition) is 5. The Hall–Kier alpha value is -0.210. The monoisotopic (exact) mass is 200 g/mol. The molecule has 0 rings (SSSR count). The topological polar surface area (TPSA) is 93.1 Å². The Morgan fingerprint density at radius 3 is 2.17 bits per heavy atom. The summed E-state index contributed by atoms with van der Waals surface area (Å²) in [5, 5.41) is 8.25. The summed E-state index contributed by atoms with van der Waals surface area (Å²) in [5.74, 6) is -0.727. The van der Waals surface area contributed by atoms with Crippen LogP contribution in [0.3, 0.4) is 0 Å². The lowest BCUT2D eigenvalue weighted by Gasteiger charge is -2.02. The van der Waals surface area contributed by atoms with E-state index in [1.807, 2.05) is 0 Å². The molecule has 0 heterocycles. The van der Waals surface area contributed by atoms with Gasteiger partial charge in [-0.3, -0.25) is 4.55 Å². The maximum atomic E-state index is 10.1. The van der Waals surface area contributed by atoms with Crippen LogP contribution in [0.15, 0.2) is 0 Å². The molecule has 0 aliphatic carbocycles. The molecular formula is C5H12O6S. The maximum Gasteiger partial charge on any atom is 0.289 e. The van der Waals surface area contributed by atoms with Gasteiger partial charge in [0.1, 0.15) is 0 Å². The molecule has 0 fully saturated rings. The zero-order valence-corrected chi connectivity index (χ0v) is 7.29. The molecule has 0 saturated carbocycles. The van der Waals surface area contributed by atoms with Gasteiger partial charge in [0.25, 0.3) is 10.1 Å². The van der Waals surface area contributed by atoms with Crippen molar-refractivity contribution in [3.8, 4) is 0 Å². The molecule has 0 spiro atoms. The van der Waals surface area contributed by atoms with E-state index >= 15 is 0 Å². The molecule has 7 heteroatoms. The second-order valence-corrected chi connectivity index (χ2v) is 3.34. The maximum absolute atomic E-state index is 10.1. The van der Waals surface area contributed by atoms with Crippen molar-refractivity contribution in [2.24, 2.45) is 0 Å². The van der Waals surface area contributed by atoms with Crippen LogP contribution in [-0.4, -0.2) is 50.4 Å². The highest BCUT2D eigenvalue weighted by Crippen LogP contribution is 1.84. The van der Waals surface area contributed by atoms with Gasteiger partial charge in [-0.2, -0.15) is 8.42 Å². The van der Waals surface area contributed by atoms with Gasteiger partial charge in [-0.15, -0.1) is 0 Å². The second kappa shape index (κ2) is 6.32. The molecule has 0 atom stereocenters. The average Bonchev–Trinajstić information content (AvgIpc) is 1.94. The van der Waals surface area contributed by atoms with Crippen LogP contribution in [-0.2, 0) is 19.6 Å². The van der Waals surface area contributed by atoms with Gasteiger partial charge in [-0.1, -0.05) is 0 Å². The largest absolute Gasteiger partial charge is 0.394 e. The summed E-state index contributed by atoms with van der Waals surface area (Å²) in [6.07, 6.45) is 0. The van der Waals surface area contributed by atoms with Crippen LogP contribution in [0, 0.1) is 0 Å². The first kappa shape index (κ1) is 11.8. The summed E-state index contributed by atoms with van der Waals surface area (Å²) >= 11 is 0. The molecule has 0 bridgehead atoms. The summed E-state index contributed by atoms with van der Waals surface area (Å²) < 4.78 is 37.6. The Morgan fingerprint density at radius 1 is 1.08 bits per heavy atom. The molecule has 12 heavy (non-hydrogen) atoms. The predicted octanol–water partition coefficient (Wildman–Crippen LogP) is -1.14. The van der Waals surface area contributed by atoms with E-state index in [2.05, 4.69) is 4.74 Å². The Kier molecular flexibility index (Phi) is 6.21. The highest BCUT2D eigenvalue weighted by Gasteiger charge is 2.02. The van der Waals surface area contributed by atoms with Gasteiger partial charge in [-0.05, 0) is 0 Å². The van der Waals surface area contributed by atoms with E-state index in [1.54, 1.807) is 0 Å². The van der Waals surface area contributed by atoms with E-state index in [4.69, 9.17) is 14.4 Å². The third-order valence-electron chi connectivity index (χ3n) is 0.840. The molecule has 0 aliphatic heterocycles. The molecular weight excluding hydrogens is 188 g/mol. The van der Waals surface area contributed by atoms with Crippen molar-refractivity contribution in [1.82, 2.24) is 0 Å². The summed E-state index contributed by atoms with van der Waals surface area (Å²) in [6, 6.07) is 0. The predicted molar refractivity (Wildman–Crippen MR) is 40.3 cm³/mol. The van der Waals surface area contributed by atoms with Gasteiger partial charge < -0.3 is 14.6 Å². The first-order chi connectivity index (χ1) is 5.56. The van der Waals surface area contributed by atoms with Crippen LogP contribution >= 0.6 is 0 Å². The molecule has 6 nitrogen and oxygen atoms in total. The Labute approximate surface area is 70.8 Å². The fraction of sp³-hybridized carbons (Fsp3) is 1.00. The van der Waals surface area contributed by atoms with E-state index in [-0.39, 0.29) is 26.4 Å². The molecule has 0 aromatic rings. The van der Waals surface area contributed by atoms with Crippen molar-refractivity contribution in [1.29, 1.82) is 0 Å². The molecule has 74 valence electrons. The first-order valence-corrected chi connectivity index (χ1v) is 4.88. The highest BCUT2D eigenvalue weighted by atomic mass is 32.2. The quantitative estimate of drug-likeness (QED) is 0.398. The van der Waals surface area contributed by atoms with E-state index < -0.39 is 16.1 Å². The highest BCUT2D eigenvalue weighted by molar-refractivity contribution is 7.85. The van der Waals surface area contributed by atoms with Gasteiger partial charge in [0.05, 0.1) is 26.4 Å². The molecule has 0 aromatic carbocycles. The van der Waals surface area contributed by atoms with E-state index in [0.717, 1.165) is 0 Å². The summed E-state index contributed by atoms with van der Waals surface area (Å²) in [6.45, 7) is 0.364. The standard InChI is InChI=1S/C5H12O6S/c6-1-2-10-3-4-11-5-12(7,8)9/h6H,1-5H2,(H,7,8,9). The van der Waals surface area contributed by atoms with Gasteiger partial charge in [-0.25, -0.2) is 0 Å². The molecule has 0 radical (unpaired) electrons. The normalized spacial score (nSPS) is 11.8. The van der Waals surface area contributed by atoms with Crippen molar-refractivity contribution >= 4 is 10.1 Å². The number of ether oxygens (including phenoxy) is 2. The van der Waals surface area contributed by atoms with Gasteiger partial charge in [0.2, 0.25) is 0 Å². The van der Waals surface area contributed by atoms with Crippen molar-refractivity contribution in [2.45, 2.75) is 0 Å². The van der Waals surface area contributed by atoms with Crippen LogP contribution in [0.2, 0.25) is 0 Å². The Balaban J connectivity index is 3.12. The van der Waals surface area contributed by atoms with Crippen LogP contribution < -0.4 is 0 Å². The summed E-state index contributed by atoms with van der Waals surface area (Å²) in [7, 11) is -4.04. The average molecular weight is 200 g/mol. The molecule has 0 aromatic heterocycles. The minimum absolute atomic E-state index is 0.0692. The van der Waals surface area contributed by atoms with Gasteiger partial charge >= 0.3 is 0 Å². The second-order valence-electron chi connectivity index (χ2n) is 1.94. The zero-order chi connectivity index (χ0) is 9.45. The molecule has 0 aliphatic rings. The van der Waals surface area contributed by atoms with Crippen molar-refractivity contribution in [3.05, 3.63) is 0 Å². The minimum Gasteiger partial charge on any atom is -0.394 e. The van der Waals surface area contributed by atoms with E-state index in [9.17, 15) is 8.42 Å². The molecule has 0 unspecified atom stereocenters. The van der Waals surface area contributed by atoms with Crippen molar-refractivity contribution in [2.75, 3.05) is 32.4 Å². The van der Waals surface area contributed by atoms with Gasteiger partial charge in [0.15, 0.2) is 5.94 Å². The molecule has 0 amide bonds. The minimum atomic E-state index is -4.04. The third kappa shape index (κ3) is 9.79.